The number of anilines is 1. The third-order valence-electron chi connectivity index (χ3n) is 4.81. The van der Waals surface area contributed by atoms with Gasteiger partial charge in [-0.3, -0.25) is 4.79 Å². The summed E-state index contributed by atoms with van der Waals surface area (Å²) in [5.74, 6) is -0.0351. The van der Waals surface area contributed by atoms with Crippen molar-refractivity contribution in [3.05, 3.63) is 102 Å². The molecule has 1 saturated heterocycles. The Morgan fingerprint density at radius 3 is 2.04 bits per heavy atom. The van der Waals surface area contributed by atoms with Gasteiger partial charge in [-0.15, -0.1) is 0 Å². The van der Waals surface area contributed by atoms with Crippen LogP contribution in [0.4, 0.5) is 10.5 Å². The maximum atomic E-state index is 13.0. The van der Waals surface area contributed by atoms with Crippen LogP contribution in [0.3, 0.4) is 0 Å². The summed E-state index contributed by atoms with van der Waals surface area (Å²) in [6, 6.07) is 25.5. The molecule has 0 unspecified atom stereocenters. The van der Waals surface area contributed by atoms with Crippen LogP contribution in [0.2, 0.25) is 0 Å². The fourth-order valence-electron chi connectivity index (χ4n) is 3.34. The molecule has 1 aliphatic heterocycles. The summed E-state index contributed by atoms with van der Waals surface area (Å²) in [7, 11) is 0. The van der Waals surface area contributed by atoms with E-state index < -0.39 is 6.04 Å². The van der Waals surface area contributed by atoms with Gasteiger partial charge in [0.25, 0.3) is 0 Å². The number of rotatable bonds is 4. The molecule has 3 aromatic carbocycles. The molecule has 0 saturated carbocycles. The third kappa shape index (κ3) is 3.47. The molecule has 4 nitrogen and oxygen atoms in total. The van der Waals surface area contributed by atoms with Crippen LogP contribution >= 0.6 is 0 Å². The first kappa shape index (κ1) is 17.0. The lowest BCUT2D eigenvalue weighted by atomic mass is 10.0. The van der Waals surface area contributed by atoms with Crippen LogP contribution in [-0.4, -0.2) is 22.8 Å². The molecule has 0 aromatic heterocycles. The highest BCUT2D eigenvalue weighted by atomic mass is 16.2. The van der Waals surface area contributed by atoms with E-state index in [9.17, 15) is 9.59 Å². The Morgan fingerprint density at radius 1 is 0.815 bits per heavy atom. The summed E-state index contributed by atoms with van der Waals surface area (Å²) in [5.41, 5.74) is 3.40. The van der Waals surface area contributed by atoms with Crippen molar-refractivity contribution in [1.82, 2.24) is 4.90 Å². The normalized spacial score (nSPS) is 18.0. The topological polar surface area (TPSA) is 49.2 Å². The molecule has 0 bridgehead atoms. The molecule has 1 fully saturated rings. The number of para-hydroxylation sites is 1. The third-order valence-corrected chi connectivity index (χ3v) is 4.81. The van der Waals surface area contributed by atoms with Crippen LogP contribution in [0.5, 0.6) is 0 Å². The number of nitrogens with zero attached hydrogens (tertiary/aromatic N) is 1. The van der Waals surface area contributed by atoms with Crippen molar-refractivity contribution in [3.8, 4) is 0 Å². The quantitative estimate of drug-likeness (QED) is 0.537. The molecule has 0 aliphatic carbocycles. The van der Waals surface area contributed by atoms with Gasteiger partial charge >= 0.3 is 6.03 Å². The minimum atomic E-state index is -0.487. The van der Waals surface area contributed by atoms with Crippen LogP contribution < -0.4 is 5.32 Å². The zero-order valence-electron chi connectivity index (χ0n) is 15.0. The number of benzene rings is 3. The first-order valence-electron chi connectivity index (χ1n) is 8.95. The summed E-state index contributed by atoms with van der Waals surface area (Å²) in [6.07, 6.45) is 0. The highest BCUT2D eigenvalue weighted by molar-refractivity contribution is 6.07. The second kappa shape index (κ2) is 7.08. The van der Waals surface area contributed by atoms with E-state index in [1.54, 1.807) is 4.90 Å². The number of hydrogen-bond donors (Lipinski definition) is 1. The minimum absolute atomic E-state index is 0.0351. The van der Waals surface area contributed by atoms with Gasteiger partial charge in [0, 0.05) is 11.3 Å². The van der Waals surface area contributed by atoms with Crippen molar-refractivity contribution >= 4 is 17.5 Å². The summed E-state index contributed by atoms with van der Waals surface area (Å²) in [6.45, 7) is 1.98. The number of amides is 2. The van der Waals surface area contributed by atoms with E-state index in [0.717, 1.165) is 11.1 Å². The molecular weight excluding hydrogens is 336 g/mol. The van der Waals surface area contributed by atoms with Crippen molar-refractivity contribution in [2.24, 2.45) is 0 Å². The van der Waals surface area contributed by atoms with Crippen molar-refractivity contribution < 1.29 is 9.59 Å². The van der Waals surface area contributed by atoms with Gasteiger partial charge in [0.1, 0.15) is 6.04 Å². The molecule has 0 radical (unpaired) electrons. The Hall–Kier alpha value is -3.40. The lowest BCUT2D eigenvalue weighted by Gasteiger charge is -2.08. The fraction of sp³-hybridized carbons (Fsp3) is 0.130. The van der Waals surface area contributed by atoms with E-state index in [1.807, 2.05) is 91.9 Å². The minimum Gasteiger partial charge on any atom is -0.308 e. The number of aryl methyl sites for hydroxylation is 1. The largest absolute Gasteiger partial charge is 0.323 e. The van der Waals surface area contributed by atoms with Crippen LogP contribution in [0, 0.1) is 6.92 Å². The smallest absolute Gasteiger partial charge is 0.308 e. The summed E-state index contributed by atoms with van der Waals surface area (Å²) in [4.78, 5) is 27.5. The molecule has 2 amide bonds. The zero-order valence-corrected chi connectivity index (χ0v) is 15.0. The Morgan fingerprint density at radius 2 is 1.41 bits per heavy atom. The summed E-state index contributed by atoms with van der Waals surface area (Å²) >= 11 is 0. The van der Waals surface area contributed by atoms with Crippen molar-refractivity contribution in [3.63, 3.8) is 0 Å². The number of urea groups is 1. The molecule has 1 N–H and O–H groups in total. The van der Waals surface area contributed by atoms with Gasteiger partial charge in [-0.05, 0) is 24.6 Å². The van der Waals surface area contributed by atoms with Crippen LogP contribution in [0.25, 0.3) is 0 Å². The second-order valence-corrected chi connectivity index (χ2v) is 6.73. The molecule has 0 spiro atoms. The number of hydrogen-bond acceptors (Lipinski definition) is 2. The number of carbonyl (C=O) groups is 2. The highest BCUT2D eigenvalue weighted by Crippen LogP contribution is 2.45. The molecule has 2 atom stereocenters. The average molecular weight is 356 g/mol. The Kier molecular flexibility index (Phi) is 4.47. The van der Waals surface area contributed by atoms with Gasteiger partial charge in [0.2, 0.25) is 0 Å². The Labute approximate surface area is 158 Å². The molecular formula is C23H20N2O2. The van der Waals surface area contributed by atoms with Crippen molar-refractivity contribution in [2.45, 2.75) is 19.0 Å². The monoisotopic (exact) mass is 356 g/mol. The van der Waals surface area contributed by atoms with E-state index in [4.69, 9.17) is 0 Å². The van der Waals surface area contributed by atoms with E-state index in [-0.39, 0.29) is 17.9 Å². The molecule has 3 aromatic rings. The molecule has 134 valence electrons. The number of ketones is 1. The SMILES string of the molecule is Cc1ccc(C(=O)[C@H]2[C@H](c3ccccc3)N2C(=O)Nc2ccccc2)cc1. The number of Topliss-reactive ketones (excluding diaryl/α,β-unsaturated/α-hetero) is 1. The predicted octanol–water partition coefficient (Wildman–Crippen LogP) is 4.84. The van der Waals surface area contributed by atoms with Crippen LogP contribution in [0.15, 0.2) is 84.9 Å². The number of carbonyl (C=O) groups excluding carboxylic acids is 2. The van der Waals surface area contributed by atoms with Crippen molar-refractivity contribution in [2.75, 3.05) is 5.32 Å². The average Bonchev–Trinajstić information content (AvgIpc) is 3.45. The van der Waals surface area contributed by atoms with Crippen LogP contribution in [0.1, 0.15) is 27.5 Å². The summed E-state index contributed by atoms with van der Waals surface area (Å²) in [5, 5.41) is 2.88. The van der Waals surface area contributed by atoms with Gasteiger partial charge < -0.3 is 10.2 Å². The fourth-order valence-corrected chi connectivity index (χ4v) is 3.34. The lowest BCUT2D eigenvalue weighted by molar-refractivity contribution is 0.0976. The maximum Gasteiger partial charge on any atom is 0.323 e. The van der Waals surface area contributed by atoms with Gasteiger partial charge in [-0.2, -0.15) is 0 Å². The first-order chi connectivity index (χ1) is 13.1. The molecule has 4 heteroatoms. The molecule has 1 heterocycles. The van der Waals surface area contributed by atoms with Gasteiger partial charge in [-0.1, -0.05) is 78.4 Å². The first-order valence-corrected chi connectivity index (χ1v) is 8.95. The Balaban J connectivity index is 1.60. The summed E-state index contributed by atoms with van der Waals surface area (Å²) < 4.78 is 0. The lowest BCUT2D eigenvalue weighted by Crippen LogP contribution is -2.24. The van der Waals surface area contributed by atoms with Crippen molar-refractivity contribution in [1.29, 1.82) is 0 Å². The van der Waals surface area contributed by atoms with Gasteiger partial charge in [0.15, 0.2) is 5.78 Å². The Bertz CT molecular complexity index is 953. The van der Waals surface area contributed by atoms with Gasteiger partial charge in [0.05, 0.1) is 6.04 Å². The zero-order chi connectivity index (χ0) is 18.8. The standard InChI is InChI=1S/C23H20N2O2/c1-16-12-14-18(15-13-16)22(26)21-20(17-8-4-2-5-9-17)25(21)23(27)24-19-10-6-3-7-11-19/h2-15,20-21H,1H3,(H,24,27)/t20-,21+,25?/m0/s1. The predicted molar refractivity (Wildman–Crippen MR) is 106 cm³/mol. The van der Waals surface area contributed by atoms with E-state index >= 15 is 0 Å². The van der Waals surface area contributed by atoms with E-state index in [0.29, 0.717) is 11.3 Å². The van der Waals surface area contributed by atoms with Gasteiger partial charge in [-0.25, -0.2) is 4.79 Å². The van der Waals surface area contributed by atoms with E-state index in [2.05, 4.69) is 5.32 Å². The highest BCUT2D eigenvalue weighted by Gasteiger charge is 2.56. The number of nitrogens with one attached hydrogen (secondary N) is 1. The second-order valence-electron chi connectivity index (χ2n) is 6.73. The maximum absolute atomic E-state index is 13.0. The molecule has 1 aliphatic rings. The molecule has 4 rings (SSSR count). The van der Waals surface area contributed by atoms with Crippen LogP contribution in [-0.2, 0) is 0 Å². The van der Waals surface area contributed by atoms with E-state index in [1.165, 1.54) is 0 Å². The molecule has 27 heavy (non-hydrogen) atoms.